The van der Waals surface area contributed by atoms with E-state index in [0.717, 1.165) is 29.5 Å². The van der Waals surface area contributed by atoms with Gasteiger partial charge in [-0.3, -0.25) is 9.59 Å². The van der Waals surface area contributed by atoms with Gasteiger partial charge in [-0.1, -0.05) is 48.7 Å². The molecule has 0 spiro atoms. The second kappa shape index (κ2) is 12.0. The van der Waals surface area contributed by atoms with Gasteiger partial charge in [0, 0.05) is 23.1 Å². The number of benzene rings is 2. The van der Waals surface area contributed by atoms with E-state index in [-0.39, 0.29) is 25.0 Å². The summed E-state index contributed by atoms with van der Waals surface area (Å²) >= 11 is 12.2. The summed E-state index contributed by atoms with van der Waals surface area (Å²) in [6, 6.07) is 10.2. The van der Waals surface area contributed by atoms with Gasteiger partial charge in [-0.05, 0) is 68.1 Å². The molecular formula is C24H30Cl2N2O3. The van der Waals surface area contributed by atoms with Crippen LogP contribution in [0.25, 0.3) is 0 Å². The number of aryl methyl sites for hydroxylation is 2. The first kappa shape index (κ1) is 25.0. The Hall–Kier alpha value is -2.24. The lowest BCUT2D eigenvalue weighted by molar-refractivity contribution is -0.142. The highest BCUT2D eigenvalue weighted by Crippen LogP contribution is 2.26. The van der Waals surface area contributed by atoms with Gasteiger partial charge in [-0.15, -0.1) is 0 Å². The number of hydrogen-bond acceptors (Lipinski definition) is 3. The maximum absolute atomic E-state index is 13.1. The Bertz CT molecular complexity index is 877. The standard InChI is InChI=1S/C24H30Cl2N2O3/c1-5-6-11-27-24(30)18(4)28(14-19-7-9-20(25)10-8-19)22(29)15-31-21-12-16(2)23(26)17(3)13-21/h7-10,12-13,18H,5-6,11,14-15H2,1-4H3,(H,27,30)/t18-/m1/s1. The first-order valence-corrected chi connectivity index (χ1v) is 11.2. The van der Waals surface area contributed by atoms with Crippen molar-refractivity contribution < 1.29 is 14.3 Å². The van der Waals surface area contributed by atoms with Crippen LogP contribution in [-0.2, 0) is 16.1 Å². The van der Waals surface area contributed by atoms with E-state index < -0.39 is 6.04 Å². The Morgan fingerprint density at radius 2 is 1.71 bits per heavy atom. The lowest BCUT2D eigenvalue weighted by Gasteiger charge is -2.29. The molecule has 1 atom stereocenters. The summed E-state index contributed by atoms with van der Waals surface area (Å²) in [5, 5.41) is 4.19. The predicted molar refractivity (Wildman–Crippen MR) is 126 cm³/mol. The number of halogens is 2. The van der Waals surface area contributed by atoms with Crippen molar-refractivity contribution in [1.29, 1.82) is 0 Å². The summed E-state index contributed by atoms with van der Waals surface area (Å²) in [6.45, 7) is 8.25. The van der Waals surface area contributed by atoms with E-state index in [9.17, 15) is 9.59 Å². The second-order valence-corrected chi connectivity index (χ2v) is 8.44. The van der Waals surface area contributed by atoms with Crippen LogP contribution in [0.2, 0.25) is 10.0 Å². The molecule has 2 aromatic rings. The van der Waals surface area contributed by atoms with Crippen molar-refractivity contribution in [2.45, 2.75) is 53.1 Å². The molecule has 2 rings (SSSR count). The molecule has 0 unspecified atom stereocenters. The minimum Gasteiger partial charge on any atom is -0.484 e. The fourth-order valence-corrected chi connectivity index (χ4v) is 3.36. The number of unbranched alkanes of at least 4 members (excludes halogenated alkanes) is 1. The van der Waals surface area contributed by atoms with E-state index in [1.807, 2.05) is 26.0 Å². The molecule has 2 aromatic carbocycles. The summed E-state index contributed by atoms with van der Waals surface area (Å²) in [5.74, 6) is 0.103. The number of nitrogens with zero attached hydrogens (tertiary/aromatic N) is 1. The molecule has 0 radical (unpaired) electrons. The minimum absolute atomic E-state index is 0.180. The normalized spacial score (nSPS) is 11.7. The molecule has 168 valence electrons. The van der Waals surface area contributed by atoms with Crippen LogP contribution in [0.1, 0.15) is 43.4 Å². The number of rotatable bonds is 10. The third-order valence-electron chi connectivity index (χ3n) is 5.04. The van der Waals surface area contributed by atoms with Gasteiger partial charge >= 0.3 is 0 Å². The molecule has 0 bridgehead atoms. The number of hydrogen-bond donors (Lipinski definition) is 1. The van der Waals surface area contributed by atoms with E-state index in [1.54, 1.807) is 31.2 Å². The van der Waals surface area contributed by atoms with Crippen molar-refractivity contribution >= 4 is 35.0 Å². The number of carbonyl (C=O) groups is 2. The van der Waals surface area contributed by atoms with Crippen molar-refractivity contribution in [3.05, 3.63) is 63.1 Å². The van der Waals surface area contributed by atoms with E-state index in [2.05, 4.69) is 12.2 Å². The quantitative estimate of drug-likeness (QED) is 0.483. The van der Waals surface area contributed by atoms with E-state index in [1.165, 1.54) is 4.90 Å². The fraction of sp³-hybridized carbons (Fsp3) is 0.417. The monoisotopic (exact) mass is 464 g/mol. The minimum atomic E-state index is -0.641. The zero-order chi connectivity index (χ0) is 23.0. The molecule has 0 aromatic heterocycles. The van der Waals surface area contributed by atoms with Crippen molar-refractivity contribution in [1.82, 2.24) is 10.2 Å². The molecule has 1 N–H and O–H groups in total. The van der Waals surface area contributed by atoms with Gasteiger partial charge in [0.25, 0.3) is 5.91 Å². The summed E-state index contributed by atoms with van der Waals surface area (Å²) < 4.78 is 5.75. The van der Waals surface area contributed by atoms with Crippen molar-refractivity contribution in [3.8, 4) is 5.75 Å². The second-order valence-electron chi connectivity index (χ2n) is 7.63. The van der Waals surface area contributed by atoms with Crippen LogP contribution < -0.4 is 10.1 Å². The van der Waals surface area contributed by atoms with Crippen molar-refractivity contribution in [2.24, 2.45) is 0 Å². The molecule has 0 saturated heterocycles. The Balaban J connectivity index is 2.14. The Morgan fingerprint density at radius 1 is 1.10 bits per heavy atom. The zero-order valence-electron chi connectivity index (χ0n) is 18.5. The highest BCUT2D eigenvalue weighted by molar-refractivity contribution is 6.32. The zero-order valence-corrected chi connectivity index (χ0v) is 20.0. The average Bonchev–Trinajstić information content (AvgIpc) is 2.74. The van der Waals surface area contributed by atoms with Crippen molar-refractivity contribution in [2.75, 3.05) is 13.2 Å². The largest absolute Gasteiger partial charge is 0.484 e. The molecule has 0 saturated carbocycles. The predicted octanol–water partition coefficient (Wildman–Crippen LogP) is 5.32. The Kier molecular flexibility index (Phi) is 9.66. The van der Waals surface area contributed by atoms with Gasteiger partial charge in [-0.25, -0.2) is 0 Å². The molecule has 0 heterocycles. The molecule has 0 fully saturated rings. The van der Waals surface area contributed by atoms with Crippen LogP contribution >= 0.6 is 23.2 Å². The topological polar surface area (TPSA) is 58.6 Å². The third kappa shape index (κ3) is 7.44. The first-order chi connectivity index (χ1) is 14.7. The summed E-state index contributed by atoms with van der Waals surface area (Å²) in [4.78, 5) is 27.2. The number of nitrogens with one attached hydrogen (secondary N) is 1. The molecule has 31 heavy (non-hydrogen) atoms. The SMILES string of the molecule is CCCCNC(=O)[C@@H](C)N(Cc1ccc(Cl)cc1)C(=O)COc1cc(C)c(Cl)c(C)c1. The number of ether oxygens (including phenoxy) is 1. The van der Waals surface area contributed by atoms with Gasteiger partial charge < -0.3 is 15.0 Å². The van der Waals surface area contributed by atoms with Crippen molar-refractivity contribution in [3.63, 3.8) is 0 Å². The van der Waals surface area contributed by atoms with Gasteiger partial charge in [0.15, 0.2) is 6.61 Å². The maximum atomic E-state index is 13.1. The van der Waals surface area contributed by atoms with Crippen LogP contribution in [0.4, 0.5) is 0 Å². The molecule has 7 heteroatoms. The van der Waals surface area contributed by atoms with E-state index >= 15 is 0 Å². The average molecular weight is 465 g/mol. The summed E-state index contributed by atoms with van der Waals surface area (Å²) in [7, 11) is 0. The van der Waals surface area contributed by atoms with Gasteiger partial charge in [0.05, 0.1) is 0 Å². The van der Waals surface area contributed by atoms with Gasteiger partial charge in [0.2, 0.25) is 5.91 Å². The lowest BCUT2D eigenvalue weighted by Crippen LogP contribution is -2.49. The van der Waals surface area contributed by atoms with Crippen LogP contribution in [0.15, 0.2) is 36.4 Å². The first-order valence-electron chi connectivity index (χ1n) is 10.4. The maximum Gasteiger partial charge on any atom is 0.261 e. The van der Waals surface area contributed by atoms with E-state index in [4.69, 9.17) is 27.9 Å². The number of carbonyl (C=O) groups excluding carboxylic acids is 2. The van der Waals surface area contributed by atoms with Crippen LogP contribution in [-0.4, -0.2) is 35.9 Å². The Labute approximate surface area is 194 Å². The highest BCUT2D eigenvalue weighted by atomic mass is 35.5. The number of amides is 2. The van der Waals surface area contributed by atoms with E-state index in [0.29, 0.717) is 22.3 Å². The van der Waals surface area contributed by atoms with Crippen LogP contribution in [0, 0.1) is 13.8 Å². The Morgan fingerprint density at radius 3 is 2.29 bits per heavy atom. The lowest BCUT2D eigenvalue weighted by atomic mass is 10.1. The molecule has 0 aliphatic carbocycles. The highest BCUT2D eigenvalue weighted by Gasteiger charge is 2.26. The molecular weight excluding hydrogens is 435 g/mol. The van der Waals surface area contributed by atoms with Gasteiger partial charge in [-0.2, -0.15) is 0 Å². The van der Waals surface area contributed by atoms with Crippen LogP contribution in [0.3, 0.4) is 0 Å². The third-order valence-corrected chi connectivity index (χ3v) is 5.88. The molecule has 5 nitrogen and oxygen atoms in total. The fourth-order valence-electron chi connectivity index (χ4n) is 3.12. The molecule has 0 aliphatic heterocycles. The molecule has 0 aliphatic rings. The van der Waals surface area contributed by atoms with Crippen LogP contribution in [0.5, 0.6) is 5.75 Å². The summed E-state index contributed by atoms with van der Waals surface area (Å²) in [5.41, 5.74) is 2.64. The van der Waals surface area contributed by atoms with Gasteiger partial charge in [0.1, 0.15) is 11.8 Å². The summed E-state index contributed by atoms with van der Waals surface area (Å²) in [6.07, 6.45) is 1.87. The smallest absolute Gasteiger partial charge is 0.261 e. The molecule has 2 amide bonds.